The van der Waals surface area contributed by atoms with Crippen LogP contribution in [0.3, 0.4) is 0 Å². The highest BCUT2D eigenvalue weighted by Crippen LogP contribution is 2.42. The predicted octanol–water partition coefficient (Wildman–Crippen LogP) is 2.73. The van der Waals surface area contributed by atoms with Crippen LogP contribution in [0.2, 0.25) is 0 Å². The predicted molar refractivity (Wildman–Crippen MR) is 83.0 cm³/mol. The van der Waals surface area contributed by atoms with Crippen molar-refractivity contribution < 1.29 is 24.2 Å². The molecule has 6 nitrogen and oxygen atoms in total. The molecule has 2 bridgehead atoms. The van der Waals surface area contributed by atoms with E-state index in [4.69, 9.17) is 14.6 Å². The summed E-state index contributed by atoms with van der Waals surface area (Å²) in [5, 5.41) is 8.96. The van der Waals surface area contributed by atoms with Crippen LogP contribution in [0.25, 0.3) is 0 Å². The van der Waals surface area contributed by atoms with Gasteiger partial charge in [0.15, 0.2) is 0 Å². The van der Waals surface area contributed by atoms with Crippen LogP contribution in [0.4, 0.5) is 4.79 Å². The van der Waals surface area contributed by atoms with Gasteiger partial charge >= 0.3 is 12.1 Å². The molecular weight excluding hydrogens is 298 g/mol. The summed E-state index contributed by atoms with van der Waals surface area (Å²) in [7, 11) is 0. The van der Waals surface area contributed by atoms with Crippen LogP contribution >= 0.6 is 0 Å². The van der Waals surface area contributed by atoms with E-state index in [1.54, 1.807) is 25.1 Å². The summed E-state index contributed by atoms with van der Waals surface area (Å²) in [5.41, 5.74) is 1.24. The first-order valence-corrected chi connectivity index (χ1v) is 8.02. The van der Waals surface area contributed by atoms with Gasteiger partial charge in [-0.1, -0.05) is 0 Å². The monoisotopic (exact) mass is 319 g/mol. The van der Waals surface area contributed by atoms with Crippen molar-refractivity contribution in [1.29, 1.82) is 0 Å². The summed E-state index contributed by atoms with van der Waals surface area (Å²) in [6.45, 7) is 5.13. The topological polar surface area (TPSA) is 76.1 Å². The van der Waals surface area contributed by atoms with E-state index < -0.39 is 12.1 Å². The molecule has 1 N–H and O–H groups in total. The molecule has 0 aliphatic carbocycles. The Morgan fingerprint density at radius 2 is 2.04 bits per heavy atom. The third-order valence-corrected chi connectivity index (χ3v) is 4.77. The maximum atomic E-state index is 12.0. The second kappa shape index (κ2) is 6.58. The molecule has 1 aromatic rings. The van der Waals surface area contributed by atoms with Gasteiger partial charge in [-0.2, -0.15) is 0 Å². The minimum absolute atomic E-state index is 0.196. The Morgan fingerprint density at radius 3 is 2.61 bits per heavy atom. The SMILES string of the molecule is CCOC(=O)c1ccc(OC(=O)O)c([C@@H]2CN3CCC2CC3)c1. The molecule has 3 heterocycles. The molecule has 3 aliphatic heterocycles. The smallest absolute Gasteiger partial charge is 0.462 e. The number of hydrogen-bond donors (Lipinski definition) is 1. The zero-order chi connectivity index (χ0) is 16.4. The fraction of sp³-hybridized carbons (Fsp3) is 0.529. The lowest BCUT2D eigenvalue weighted by Gasteiger charge is -2.45. The highest BCUT2D eigenvalue weighted by atomic mass is 16.7. The van der Waals surface area contributed by atoms with Gasteiger partial charge in [-0.05, 0) is 57.0 Å². The fourth-order valence-corrected chi connectivity index (χ4v) is 3.68. The molecule has 0 aromatic heterocycles. The molecule has 1 aromatic carbocycles. The third kappa shape index (κ3) is 3.32. The number of esters is 1. The van der Waals surface area contributed by atoms with E-state index in [2.05, 4.69) is 4.90 Å². The van der Waals surface area contributed by atoms with Gasteiger partial charge in [0.05, 0.1) is 12.2 Å². The second-order valence-electron chi connectivity index (χ2n) is 6.09. The van der Waals surface area contributed by atoms with Gasteiger partial charge < -0.3 is 19.5 Å². The van der Waals surface area contributed by atoms with Gasteiger partial charge in [0.2, 0.25) is 0 Å². The van der Waals surface area contributed by atoms with Crippen LogP contribution in [-0.2, 0) is 4.74 Å². The summed E-state index contributed by atoms with van der Waals surface area (Å²) in [4.78, 5) is 25.3. The first-order chi connectivity index (χ1) is 11.1. The van der Waals surface area contributed by atoms with E-state index in [9.17, 15) is 9.59 Å². The molecule has 3 fully saturated rings. The number of carboxylic acid groups (broad SMARTS) is 1. The Bertz CT molecular complexity index is 607. The van der Waals surface area contributed by atoms with Crippen molar-refractivity contribution in [2.75, 3.05) is 26.2 Å². The fourth-order valence-electron chi connectivity index (χ4n) is 3.68. The van der Waals surface area contributed by atoms with Crippen LogP contribution in [0, 0.1) is 5.92 Å². The Morgan fingerprint density at radius 1 is 1.30 bits per heavy atom. The van der Waals surface area contributed by atoms with Crippen LogP contribution in [0.1, 0.15) is 41.6 Å². The van der Waals surface area contributed by atoms with Gasteiger partial charge in [-0.3, -0.25) is 0 Å². The average molecular weight is 319 g/mol. The Hall–Kier alpha value is -2.08. The van der Waals surface area contributed by atoms with E-state index in [-0.39, 0.29) is 5.92 Å². The number of nitrogens with zero attached hydrogens (tertiary/aromatic N) is 1. The first-order valence-electron chi connectivity index (χ1n) is 8.02. The number of benzene rings is 1. The summed E-state index contributed by atoms with van der Waals surface area (Å²) in [5.74, 6) is 0.635. The van der Waals surface area contributed by atoms with E-state index >= 15 is 0 Å². The lowest BCUT2D eigenvalue weighted by molar-refractivity contribution is 0.0525. The number of hydrogen-bond acceptors (Lipinski definition) is 5. The standard InChI is InChI=1S/C17H21NO5/c1-2-22-16(19)12-3-4-15(23-17(20)21)13(9-12)14-10-18-7-5-11(14)6-8-18/h3-4,9,11,14H,2,5-8,10H2,1H3,(H,20,21)/t14-/m1/s1. The summed E-state index contributed by atoms with van der Waals surface area (Å²) < 4.78 is 9.99. The Labute approximate surface area is 135 Å². The largest absolute Gasteiger partial charge is 0.511 e. The van der Waals surface area contributed by atoms with Crippen molar-refractivity contribution >= 4 is 12.1 Å². The van der Waals surface area contributed by atoms with Crippen LogP contribution < -0.4 is 4.74 Å². The lowest BCUT2D eigenvalue weighted by atomic mass is 9.75. The van der Waals surface area contributed by atoms with Gasteiger partial charge in [0.25, 0.3) is 0 Å². The van der Waals surface area contributed by atoms with Gasteiger partial charge in [-0.25, -0.2) is 9.59 Å². The van der Waals surface area contributed by atoms with Crippen LogP contribution in [0.15, 0.2) is 18.2 Å². The molecular formula is C17H21NO5. The van der Waals surface area contributed by atoms with E-state index in [0.29, 0.717) is 23.8 Å². The minimum Gasteiger partial charge on any atom is -0.462 e. The lowest BCUT2D eigenvalue weighted by Crippen LogP contribution is -2.46. The zero-order valence-electron chi connectivity index (χ0n) is 13.2. The number of carbonyl (C=O) groups is 2. The molecule has 6 heteroatoms. The van der Waals surface area contributed by atoms with Gasteiger partial charge in [0, 0.05) is 18.0 Å². The number of rotatable bonds is 4. The first kappa shape index (κ1) is 15.8. The molecule has 0 amide bonds. The Balaban J connectivity index is 1.95. The average Bonchev–Trinajstić information content (AvgIpc) is 2.56. The van der Waals surface area contributed by atoms with E-state index in [0.717, 1.165) is 38.0 Å². The van der Waals surface area contributed by atoms with Crippen molar-refractivity contribution in [3.63, 3.8) is 0 Å². The van der Waals surface area contributed by atoms with Crippen molar-refractivity contribution in [2.45, 2.75) is 25.7 Å². The molecule has 4 rings (SSSR count). The van der Waals surface area contributed by atoms with E-state index in [1.165, 1.54) is 0 Å². The highest BCUT2D eigenvalue weighted by molar-refractivity contribution is 5.90. The van der Waals surface area contributed by atoms with E-state index in [1.807, 2.05) is 0 Å². The molecule has 0 unspecified atom stereocenters. The van der Waals surface area contributed by atoms with Crippen molar-refractivity contribution in [1.82, 2.24) is 4.90 Å². The van der Waals surface area contributed by atoms with Crippen molar-refractivity contribution in [2.24, 2.45) is 5.92 Å². The number of carbonyl (C=O) groups excluding carboxylic acids is 1. The van der Waals surface area contributed by atoms with Crippen molar-refractivity contribution in [3.05, 3.63) is 29.3 Å². The van der Waals surface area contributed by atoms with Gasteiger partial charge in [0.1, 0.15) is 5.75 Å². The van der Waals surface area contributed by atoms with Crippen LogP contribution in [0.5, 0.6) is 5.75 Å². The molecule has 124 valence electrons. The molecule has 3 saturated heterocycles. The van der Waals surface area contributed by atoms with Crippen molar-refractivity contribution in [3.8, 4) is 5.75 Å². The third-order valence-electron chi connectivity index (χ3n) is 4.77. The summed E-state index contributed by atoms with van der Waals surface area (Å²) >= 11 is 0. The zero-order valence-corrected chi connectivity index (χ0v) is 13.2. The normalized spacial score (nSPS) is 25.9. The molecule has 0 radical (unpaired) electrons. The highest BCUT2D eigenvalue weighted by Gasteiger charge is 2.37. The number of piperidine rings is 3. The quantitative estimate of drug-likeness (QED) is 0.679. The van der Waals surface area contributed by atoms with Crippen LogP contribution in [-0.4, -0.2) is 48.4 Å². The maximum absolute atomic E-state index is 12.0. The van der Waals surface area contributed by atoms with Gasteiger partial charge in [-0.15, -0.1) is 0 Å². The molecule has 23 heavy (non-hydrogen) atoms. The second-order valence-corrected chi connectivity index (χ2v) is 6.09. The number of ether oxygens (including phenoxy) is 2. The maximum Gasteiger partial charge on any atom is 0.511 e. The molecule has 0 spiro atoms. The minimum atomic E-state index is -1.34. The Kier molecular flexibility index (Phi) is 4.52. The summed E-state index contributed by atoms with van der Waals surface area (Å²) in [6.07, 6.45) is 0.859. The molecule has 1 atom stereocenters. The molecule has 0 saturated carbocycles. The number of fused-ring (bicyclic) bond motifs is 3. The molecule has 3 aliphatic rings. The summed E-state index contributed by atoms with van der Waals surface area (Å²) in [6, 6.07) is 4.86.